The molecule has 0 rings (SSSR count). The molecule has 0 saturated carbocycles. The number of carboxylic acid groups (broad SMARTS) is 1. The molecule has 8 nitrogen and oxygen atoms in total. The summed E-state index contributed by atoms with van der Waals surface area (Å²) in [6.45, 7) is 2.21. The summed E-state index contributed by atoms with van der Waals surface area (Å²) in [6, 6.07) is 0. The first kappa shape index (κ1) is 31.7. The molecule has 0 radical (unpaired) electrons. The average Bonchev–Trinajstić information content (AvgIpc) is 2.76. The van der Waals surface area contributed by atoms with Gasteiger partial charge >= 0.3 is 5.97 Å². The van der Waals surface area contributed by atoms with E-state index in [0.717, 1.165) is 25.7 Å². The predicted molar refractivity (Wildman–Crippen MR) is 131 cm³/mol. The summed E-state index contributed by atoms with van der Waals surface area (Å²) in [5.41, 5.74) is 0. The fourth-order valence-corrected chi connectivity index (χ4v) is 2.42. The summed E-state index contributed by atoms with van der Waals surface area (Å²) in [5, 5.41) is 21.0. The van der Waals surface area contributed by atoms with Crippen molar-refractivity contribution >= 4 is 11.9 Å². The third-order valence-corrected chi connectivity index (χ3v) is 4.33. The summed E-state index contributed by atoms with van der Waals surface area (Å²) in [4.78, 5) is 22.9. The highest BCUT2D eigenvalue weighted by atomic mass is 16.7. The number of carbonyl (C=O) groups is 2. The van der Waals surface area contributed by atoms with Crippen LogP contribution in [0.25, 0.3) is 0 Å². The Bertz CT molecular complexity index is 663. The Labute approximate surface area is 204 Å². The zero-order valence-electron chi connectivity index (χ0n) is 21.2. The molecule has 8 heteroatoms. The number of allylic oxidation sites excluding steroid dienone is 8. The van der Waals surface area contributed by atoms with Gasteiger partial charge in [-0.1, -0.05) is 55.5 Å². The fourth-order valence-electron chi connectivity index (χ4n) is 2.42. The number of hydrogen-bond acceptors (Lipinski definition) is 7. The van der Waals surface area contributed by atoms with Crippen molar-refractivity contribution in [2.45, 2.75) is 57.8 Å². The average molecular weight is 482 g/mol. The Balaban J connectivity index is 3.91. The number of aliphatic hydroxyl groups is 1. The van der Waals surface area contributed by atoms with Gasteiger partial charge in [-0.2, -0.15) is 0 Å². The molecule has 0 spiro atoms. The Morgan fingerprint density at radius 2 is 1.44 bits per heavy atom. The molecule has 0 amide bonds. The topological polar surface area (TPSA) is 105 Å². The molecule has 34 heavy (non-hydrogen) atoms. The highest BCUT2D eigenvalue weighted by molar-refractivity contribution is 5.69. The van der Waals surface area contributed by atoms with Crippen LogP contribution in [0.15, 0.2) is 48.6 Å². The maximum absolute atomic E-state index is 11.8. The highest BCUT2D eigenvalue weighted by Crippen LogP contribution is 2.02. The summed E-state index contributed by atoms with van der Waals surface area (Å²) >= 11 is 0. The zero-order chi connectivity index (χ0) is 25.7. The van der Waals surface area contributed by atoms with Crippen LogP contribution in [0.5, 0.6) is 0 Å². The van der Waals surface area contributed by atoms with E-state index in [1.54, 1.807) is 0 Å². The lowest BCUT2D eigenvalue weighted by molar-refractivity contribution is -0.870. The largest absolute Gasteiger partial charge is 0.545 e. The van der Waals surface area contributed by atoms with Gasteiger partial charge in [-0.05, 0) is 32.1 Å². The molecule has 0 aromatic rings. The van der Waals surface area contributed by atoms with E-state index in [9.17, 15) is 19.8 Å². The number of hydrogen-bond donors (Lipinski definition) is 1. The minimum atomic E-state index is -1.59. The minimum Gasteiger partial charge on any atom is -0.545 e. The van der Waals surface area contributed by atoms with Crippen molar-refractivity contribution in [3.05, 3.63) is 48.6 Å². The van der Waals surface area contributed by atoms with Crippen LogP contribution in [0.4, 0.5) is 0 Å². The van der Waals surface area contributed by atoms with Crippen LogP contribution in [-0.2, 0) is 23.8 Å². The molecule has 0 aromatic heterocycles. The SMILES string of the molecule is CC/C=C\C/C=C\C/C=C\C/C=C\CCC(=O)OCC(O)COC(OCC[N+](C)(C)C)C(=O)[O-]. The molecule has 0 fully saturated rings. The van der Waals surface area contributed by atoms with Gasteiger partial charge in [-0.3, -0.25) is 4.79 Å². The summed E-state index contributed by atoms with van der Waals surface area (Å²) in [7, 11) is 5.83. The van der Waals surface area contributed by atoms with Gasteiger partial charge in [0.2, 0.25) is 0 Å². The molecule has 0 aliphatic rings. The Hall–Kier alpha value is -2.26. The molecule has 194 valence electrons. The molecular weight excluding hydrogens is 438 g/mol. The molecule has 1 N–H and O–H groups in total. The first-order valence-corrected chi connectivity index (χ1v) is 11.8. The van der Waals surface area contributed by atoms with Crippen molar-refractivity contribution in [3.8, 4) is 0 Å². The van der Waals surface area contributed by atoms with Gasteiger partial charge in [0, 0.05) is 6.42 Å². The summed E-state index contributed by atoms with van der Waals surface area (Å²) < 4.78 is 15.8. The lowest BCUT2D eigenvalue weighted by Crippen LogP contribution is -2.44. The molecule has 0 saturated heterocycles. The Kier molecular flexibility index (Phi) is 18.8. The smallest absolute Gasteiger partial charge is 0.306 e. The van der Waals surface area contributed by atoms with Crippen molar-refractivity contribution in [1.82, 2.24) is 0 Å². The summed E-state index contributed by atoms with van der Waals surface area (Å²) in [5.74, 6) is -1.97. The monoisotopic (exact) mass is 481 g/mol. The van der Waals surface area contributed by atoms with Crippen LogP contribution in [-0.4, -0.2) is 81.4 Å². The van der Waals surface area contributed by atoms with Crippen molar-refractivity contribution < 1.29 is 38.5 Å². The fraction of sp³-hybridized carbons (Fsp3) is 0.615. The standard InChI is InChI=1S/C26H43NO7/c1-5-6-7-8-9-10-11-12-13-14-15-16-17-18-24(29)33-21-23(28)22-34-26(25(30)31)32-20-19-27(2,3)4/h6-7,9-10,12-13,15-16,23,26,28H,5,8,11,14,17-22H2,1-4H3/b7-6-,10-9-,13-12-,16-15-. The van der Waals surface area contributed by atoms with Crippen LogP contribution in [0.3, 0.4) is 0 Å². The highest BCUT2D eigenvalue weighted by Gasteiger charge is 2.17. The van der Waals surface area contributed by atoms with E-state index in [1.165, 1.54) is 0 Å². The number of rotatable bonds is 20. The van der Waals surface area contributed by atoms with Gasteiger partial charge < -0.3 is 33.7 Å². The quantitative estimate of drug-likeness (QED) is 0.123. The molecule has 2 unspecified atom stereocenters. The van der Waals surface area contributed by atoms with E-state index in [-0.39, 0.29) is 26.2 Å². The molecule has 0 aromatic carbocycles. The van der Waals surface area contributed by atoms with Crippen LogP contribution < -0.4 is 5.11 Å². The maximum Gasteiger partial charge on any atom is 0.306 e. The van der Waals surface area contributed by atoms with E-state index in [0.29, 0.717) is 17.4 Å². The molecule has 2 atom stereocenters. The van der Waals surface area contributed by atoms with E-state index in [2.05, 4.69) is 43.4 Å². The number of likely N-dealkylation sites (N-methyl/N-ethyl adjacent to an activating group) is 1. The van der Waals surface area contributed by atoms with Crippen LogP contribution >= 0.6 is 0 Å². The molecule has 0 bridgehead atoms. The van der Waals surface area contributed by atoms with Gasteiger partial charge in [-0.15, -0.1) is 0 Å². The first-order valence-electron chi connectivity index (χ1n) is 11.8. The summed E-state index contributed by atoms with van der Waals surface area (Å²) in [6.07, 6.45) is 18.4. The van der Waals surface area contributed by atoms with Crippen LogP contribution in [0.1, 0.15) is 45.4 Å². The third-order valence-electron chi connectivity index (χ3n) is 4.33. The van der Waals surface area contributed by atoms with Crippen molar-refractivity contribution in [1.29, 1.82) is 0 Å². The van der Waals surface area contributed by atoms with E-state index in [4.69, 9.17) is 14.2 Å². The number of ether oxygens (including phenoxy) is 3. The second-order valence-corrected chi connectivity index (χ2v) is 8.75. The minimum absolute atomic E-state index is 0.157. The third kappa shape index (κ3) is 21.6. The number of carboxylic acids is 1. The number of carbonyl (C=O) groups excluding carboxylic acids is 2. The van der Waals surface area contributed by atoms with Crippen molar-refractivity contribution in [2.24, 2.45) is 0 Å². The Morgan fingerprint density at radius 3 is 1.97 bits per heavy atom. The maximum atomic E-state index is 11.8. The lowest BCUT2D eigenvalue weighted by Gasteiger charge is -2.26. The number of esters is 1. The van der Waals surface area contributed by atoms with Crippen molar-refractivity contribution in [3.63, 3.8) is 0 Å². The number of aliphatic hydroxyl groups excluding tert-OH is 1. The van der Waals surface area contributed by atoms with Crippen LogP contribution in [0, 0.1) is 0 Å². The zero-order valence-corrected chi connectivity index (χ0v) is 21.2. The first-order chi connectivity index (χ1) is 16.2. The lowest BCUT2D eigenvalue weighted by atomic mass is 10.2. The van der Waals surface area contributed by atoms with Crippen molar-refractivity contribution in [2.75, 3.05) is 47.5 Å². The van der Waals surface area contributed by atoms with Gasteiger partial charge in [0.25, 0.3) is 0 Å². The normalized spacial score (nSPS) is 14.5. The number of aliphatic carboxylic acids is 1. The van der Waals surface area contributed by atoms with E-state index >= 15 is 0 Å². The van der Waals surface area contributed by atoms with E-state index < -0.39 is 24.3 Å². The van der Waals surface area contributed by atoms with Gasteiger partial charge in [0.1, 0.15) is 19.3 Å². The predicted octanol–water partition coefficient (Wildman–Crippen LogP) is 2.29. The van der Waals surface area contributed by atoms with Gasteiger partial charge in [0.15, 0.2) is 6.29 Å². The van der Waals surface area contributed by atoms with Gasteiger partial charge in [-0.25, -0.2) is 0 Å². The molecule has 0 aliphatic heterocycles. The Morgan fingerprint density at radius 1 is 0.882 bits per heavy atom. The van der Waals surface area contributed by atoms with Gasteiger partial charge in [0.05, 0.1) is 40.3 Å². The molecular formula is C26H43NO7. The number of quaternary nitrogens is 1. The second kappa shape index (κ2) is 20.1. The van der Waals surface area contributed by atoms with E-state index in [1.807, 2.05) is 33.3 Å². The molecule has 0 heterocycles. The number of nitrogens with zero attached hydrogens (tertiary/aromatic N) is 1. The van der Waals surface area contributed by atoms with Crippen LogP contribution in [0.2, 0.25) is 0 Å². The second-order valence-electron chi connectivity index (χ2n) is 8.75. The molecule has 0 aliphatic carbocycles.